The van der Waals surface area contributed by atoms with E-state index in [1.54, 1.807) is 0 Å². The summed E-state index contributed by atoms with van der Waals surface area (Å²) >= 11 is 0. The smallest absolute Gasteiger partial charge is 0.239 e. The fourth-order valence-corrected chi connectivity index (χ4v) is 2.26. The van der Waals surface area contributed by atoms with Crippen molar-refractivity contribution in [3.63, 3.8) is 0 Å². The quantitative estimate of drug-likeness (QED) is 0.768. The van der Waals surface area contributed by atoms with E-state index in [0.717, 1.165) is 12.8 Å². The van der Waals surface area contributed by atoms with Crippen molar-refractivity contribution in [1.29, 1.82) is 0 Å². The topological polar surface area (TPSA) is 84.7 Å². The lowest BCUT2D eigenvalue weighted by molar-refractivity contribution is -0.140. The molecule has 0 bridgehead atoms. The molecule has 20 heavy (non-hydrogen) atoms. The van der Waals surface area contributed by atoms with Gasteiger partial charge in [-0.3, -0.25) is 9.59 Å². The Morgan fingerprint density at radius 3 is 2.35 bits per heavy atom. The number of hydrogen-bond acceptors (Lipinski definition) is 4. The molecule has 1 heterocycles. The fraction of sp³-hybridized carbons (Fsp3) is 0.857. The Hall–Kier alpha value is -1.14. The van der Waals surface area contributed by atoms with Crippen molar-refractivity contribution in [2.45, 2.75) is 45.7 Å². The Morgan fingerprint density at radius 2 is 1.90 bits per heavy atom. The van der Waals surface area contributed by atoms with Gasteiger partial charge in [-0.15, -0.1) is 0 Å². The summed E-state index contributed by atoms with van der Waals surface area (Å²) in [6.07, 6.45) is 1.54. The number of likely N-dealkylation sites (tertiary alicyclic amines) is 1. The highest BCUT2D eigenvalue weighted by atomic mass is 16.5. The molecule has 1 rings (SSSR count). The maximum absolute atomic E-state index is 12.1. The Kier molecular flexibility index (Phi) is 5.95. The predicted octanol–water partition coefficient (Wildman–Crippen LogP) is 0.113. The number of nitrogens with two attached hydrogens (primary N) is 1. The highest BCUT2D eigenvalue weighted by molar-refractivity contribution is 5.82. The van der Waals surface area contributed by atoms with Crippen LogP contribution >= 0.6 is 0 Å². The second-order valence-corrected chi connectivity index (χ2v) is 6.39. The van der Waals surface area contributed by atoms with Gasteiger partial charge in [0.2, 0.25) is 11.8 Å². The standard InChI is InChI=1S/C14H27N3O3/c1-14(2,3)13(19)17-7-5-10(6-8-17)16-12(18)11(15)9-20-4/h10-11H,5-9,15H2,1-4H3,(H,16,18). The molecule has 6 heteroatoms. The molecule has 0 aromatic rings. The van der Waals surface area contributed by atoms with Gasteiger partial charge in [0.15, 0.2) is 0 Å². The van der Waals surface area contributed by atoms with E-state index < -0.39 is 6.04 Å². The third kappa shape index (κ3) is 4.76. The largest absolute Gasteiger partial charge is 0.383 e. The molecule has 116 valence electrons. The van der Waals surface area contributed by atoms with Crippen LogP contribution in [0.4, 0.5) is 0 Å². The van der Waals surface area contributed by atoms with Gasteiger partial charge in [0, 0.05) is 31.7 Å². The molecular formula is C14H27N3O3. The van der Waals surface area contributed by atoms with Crippen LogP contribution in [0, 0.1) is 5.41 Å². The van der Waals surface area contributed by atoms with Crippen molar-refractivity contribution in [3.8, 4) is 0 Å². The van der Waals surface area contributed by atoms with Crippen molar-refractivity contribution in [1.82, 2.24) is 10.2 Å². The van der Waals surface area contributed by atoms with Gasteiger partial charge in [0.25, 0.3) is 0 Å². The molecule has 1 saturated heterocycles. The molecule has 3 N–H and O–H groups in total. The Labute approximate surface area is 121 Å². The summed E-state index contributed by atoms with van der Waals surface area (Å²) < 4.78 is 4.86. The normalized spacial score (nSPS) is 18.8. The summed E-state index contributed by atoms with van der Waals surface area (Å²) in [5.41, 5.74) is 5.33. The van der Waals surface area contributed by atoms with E-state index in [1.807, 2.05) is 25.7 Å². The Balaban J connectivity index is 2.39. The maximum Gasteiger partial charge on any atom is 0.239 e. The highest BCUT2D eigenvalue weighted by Gasteiger charge is 2.31. The van der Waals surface area contributed by atoms with Crippen LogP contribution in [0.25, 0.3) is 0 Å². The molecule has 1 atom stereocenters. The molecule has 0 radical (unpaired) electrons. The number of rotatable bonds is 4. The zero-order valence-electron chi connectivity index (χ0n) is 12.9. The van der Waals surface area contributed by atoms with Crippen molar-refractivity contribution in [2.24, 2.45) is 11.1 Å². The molecular weight excluding hydrogens is 258 g/mol. The molecule has 1 aliphatic heterocycles. The van der Waals surface area contributed by atoms with Gasteiger partial charge in [-0.2, -0.15) is 0 Å². The number of nitrogens with one attached hydrogen (secondary N) is 1. The fourth-order valence-electron chi connectivity index (χ4n) is 2.26. The average molecular weight is 285 g/mol. The number of methoxy groups -OCH3 is 1. The van der Waals surface area contributed by atoms with E-state index in [0.29, 0.717) is 13.1 Å². The zero-order valence-corrected chi connectivity index (χ0v) is 12.9. The van der Waals surface area contributed by atoms with Crippen LogP contribution in [0.1, 0.15) is 33.6 Å². The number of carbonyl (C=O) groups excluding carboxylic acids is 2. The van der Waals surface area contributed by atoms with Gasteiger partial charge < -0.3 is 20.7 Å². The molecule has 6 nitrogen and oxygen atoms in total. The summed E-state index contributed by atoms with van der Waals surface area (Å²) in [7, 11) is 1.52. The minimum absolute atomic E-state index is 0.0921. The number of nitrogens with zero attached hydrogens (tertiary/aromatic N) is 1. The molecule has 1 fully saturated rings. The lowest BCUT2D eigenvalue weighted by Crippen LogP contribution is -2.52. The molecule has 1 unspecified atom stereocenters. The molecule has 2 amide bonds. The summed E-state index contributed by atoms with van der Waals surface area (Å²) in [5, 5.41) is 2.92. The van der Waals surface area contributed by atoms with E-state index >= 15 is 0 Å². The predicted molar refractivity (Wildman–Crippen MR) is 77.1 cm³/mol. The van der Waals surface area contributed by atoms with Crippen LogP contribution in [-0.2, 0) is 14.3 Å². The zero-order chi connectivity index (χ0) is 15.3. The van der Waals surface area contributed by atoms with Crippen molar-refractivity contribution >= 4 is 11.8 Å². The number of ether oxygens (including phenoxy) is 1. The second kappa shape index (κ2) is 7.04. The molecule has 0 aliphatic carbocycles. The first-order valence-electron chi connectivity index (χ1n) is 7.10. The van der Waals surface area contributed by atoms with E-state index in [4.69, 9.17) is 10.5 Å². The van der Waals surface area contributed by atoms with Gasteiger partial charge in [-0.25, -0.2) is 0 Å². The SMILES string of the molecule is COCC(N)C(=O)NC1CCN(C(=O)C(C)(C)C)CC1. The molecule has 0 aromatic heterocycles. The van der Waals surface area contributed by atoms with E-state index in [9.17, 15) is 9.59 Å². The highest BCUT2D eigenvalue weighted by Crippen LogP contribution is 2.20. The number of piperidine rings is 1. The number of hydrogen-bond donors (Lipinski definition) is 2. The van der Waals surface area contributed by atoms with E-state index in [1.165, 1.54) is 7.11 Å². The first kappa shape index (κ1) is 16.9. The molecule has 1 aliphatic rings. The lowest BCUT2D eigenvalue weighted by atomic mass is 9.93. The first-order chi connectivity index (χ1) is 9.25. The van der Waals surface area contributed by atoms with Crippen LogP contribution in [0.3, 0.4) is 0 Å². The van der Waals surface area contributed by atoms with Crippen LogP contribution < -0.4 is 11.1 Å². The maximum atomic E-state index is 12.1. The van der Waals surface area contributed by atoms with Gasteiger partial charge in [-0.05, 0) is 12.8 Å². The third-order valence-corrected chi connectivity index (χ3v) is 3.45. The van der Waals surface area contributed by atoms with Gasteiger partial charge in [0.1, 0.15) is 6.04 Å². The first-order valence-corrected chi connectivity index (χ1v) is 7.10. The van der Waals surface area contributed by atoms with Crippen molar-refractivity contribution in [3.05, 3.63) is 0 Å². The average Bonchev–Trinajstić information content (AvgIpc) is 2.38. The van der Waals surface area contributed by atoms with Crippen molar-refractivity contribution in [2.75, 3.05) is 26.8 Å². The van der Waals surface area contributed by atoms with Crippen LogP contribution in [0.2, 0.25) is 0 Å². The minimum Gasteiger partial charge on any atom is -0.383 e. The third-order valence-electron chi connectivity index (χ3n) is 3.45. The van der Waals surface area contributed by atoms with E-state index in [-0.39, 0.29) is 29.9 Å². The Bertz CT molecular complexity index is 344. The number of carbonyl (C=O) groups is 2. The summed E-state index contributed by atoms with van der Waals surface area (Å²) in [6.45, 7) is 7.35. The van der Waals surface area contributed by atoms with Gasteiger partial charge in [0.05, 0.1) is 6.61 Å². The van der Waals surface area contributed by atoms with Gasteiger partial charge >= 0.3 is 0 Å². The molecule has 0 aromatic carbocycles. The van der Waals surface area contributed by atoms with Crippen LogP contribution in [0.15, 0.2) is 0 Å². The number of amides is 2. The lowest BCUT2D eigenvalue weighted by Gasteiger charge is -2.36. The van der Waals surface area contributed by atoms with Gasteiger partial charge in [-0.1, -0.05) is 20.8 Å². The summed E-state index contributed by atoms with van der Waals surface area (Å²) in [4.78, 5) is 25.8. The molecule has 0 saturated carbocycles. The summed E-state index contributed by atoms with van der Waals surface area (Å²) in [5.74, 6) is -0.0224. The summed E-state index contributed by atoms with van der Waals surface area (Å²) in [6, 6.07) is -0.538. The van der Waals surface area contributed by atoms with Crippen molar-refractivity contribution < 1.29 is 14.3 Å². The van der Waals surface area contributed by atoms with E-state index in [2.05, 4.69) is 5.32 Å². The van der Waals surface area contributed by atoms with Crippen LogP contribution in [-0.4, -0.2) is 55.6 Å². The monoisotopic (exact) mass is 285 g/mol. The second-order valence-electron chi connectivity index (χ2n) is 6.39. The Morgan fingerprint density at radius 1 is 1.35 bits per heavy atom. The minimum atomic E-state index is -0.630. The molecule has 0 spiro atoms. The van der Waals surface area contributed by atoms with Crippen LogP contribution in [0.5, 0.6) is 0 Å².